The van der Waals surface area contributed by atoms with Crippen molar-refractivity contribution in [3.8, 4) is 11.5 Å². The number of nitrogens with one attached hydrogen (secondary N) is 2. The summed E-state index contributed by atoms with van der Waals surface area (Å²) in [6.45, 7) is 2.14. The topological polar surface area (TPSA) is 58.1 Å². The monoisotopic (exact) mass is 546 g/mol. The number of guanidine groups is 1. The number of ether oxygens (including phenoxy) is 2. The lowest BCUT2D eigenvalue weighted by Crippen LogP contribution is -2.45. The fraction of sp³-hybridized carbons (Fsp3) is 0.409. The predicted molar refractivity (Wildman–Crippen MR) is 130 cm³/mol. The normalized spacial score (nSPS) is 16.0. The van der Waals surface area contributed by atoms with Crippen molar-refractivity contribution >= 4 is 35.6 Å². The molecular weight excluding hydrogens is 517 g/mol. The van der Waals surface area contributed by atoms with Crippen molar-refractivity contribution < 1.29 is 18.3 Å². The van der Waals surface area contributed by atoms with Gasteiger partial charge in [0.1, 0.15) is 11.5 Å². The molecule has 2 aromatic rings. The zero-order valence-corrected chi connectivity index (χ0v) is 20.3. The molecule has 0 bridgehead atoms. The lowest BCUT2D eigenvalue weighted by Gasteiger charge is -2.21. The van der Waals surface area contributed by atoms with Crippen LogP contribution in [0.3, 0.4) is 0 Å². The van der Waals surface area contributed by atoms with Crippen molar-refractivity contribution in [1.29, 1.82) is 0 Å². The average molecular weight is 546 g/mol. The Kier molecular flexibility index (Phi) is 9.60. The summed E-state index contributed by atoms with van der Waals surface area (Å²) in [6.07, 6.45) is 1.31. The van der Waals surface area contributed by atoms with Crippen LogP contribution in [-0.4, -0.2) is 52.9 Å². The van der Waals surface area contributed by atoms with E-state index in [4.69, 9.17) is 9.47 Å². The van der Waals surface area contributed by atoms with E-state index in [0.29, 0.717) is 24.5 Å². The predicted octanol–water partition coefficient (Wildman–Crippen LogP) is 3.59. The molecule has 31 heavy (non-hydrogen) atoms. The van der Waals surface area contributed by atoms with Crippen LogP contribution >= 0.6 is 24.0 Å². The molecule has 1 saturated heterocycles. The molecule has 9 heteroatoms. The number of benzene rings is 2. The van der Waals surface area contributed by atoms with Crippen LogP contribution in [0.5, 0.6) is 11.5 Å². The van der Waals surface area contributed by atoms with Gasteiger partial charge in [-0.15, -0.1) is 24.0 Å². The highest BCUT2D eigenvalue weighted by atomic mass is 127. The number of hydrogen-bond acceptors (Lipinski definition) is 4. The molecule has 0 aromatic heterocycles. The second kappa shape index (κ2) is 11.9. The van der Waals surface area contributed by atoms with Gasteiger partial charge in [0, 0.05) is 56.6 Å². The summed E-state index contributed by atoms with van der Waals surface area (Å²) >= 11 is 0. The highest BCUT2D eigenvalue weighted by molar-refractivity contribution is 14.0. The second-order valence-electron chi connectivity index (χ2n) is 7.11. The van der Waals surface area contributed by atoms with E-state index in [1.54, 1.807) is 27.3 Å². The van der Waals surface area contributed by atoms with Crippen LogP contribution in [0.1, 0.15) is 12.0 Å². The molecule has 1 unspecified atom stereocenters. The van der Waals surface area contributed by atoms with E-state index in [9.17, 15) is 8.78 Å². The van der Waals surface area contributed by atoms with Gasteiger partial charge in [0.25, 0.3) is 0 Å². The maximum absolute atomic E-state index is 13.8. The number of rotatable bonds is 7. The maximum atomic E-state index is 13.8. The Morgan fingerprint density at radius 3 is 2.52 bits per heavy atom. The van der Waals surface area contributed by atoms with Crippen LogP contribution < -0.4 is 25.0 Å². The first-order valence-corrected chi connectivity index (χ1v) is 9.92. The third-order valence-electron chi connectivity index (χ3n) is 5.17. The van der Waals surface area contributed by atoms with Gasteiger partial charge in [-0.1, -0.05) is 12.1 Å². The van der Waals surface area contributed by atoms with Gasteiger partial charge in [0.2, 0.25) is 0 Å². The van der Waals surface area contributed by atoms with E-state index in [0.717, 1.165) is 42.8 Å². The minimum Gasteiger partial charge on any atom is -0.497 e. The summed E-state index contributed by atoms with van der Waals surface area (Å²) < 4.78 is 37.8. The number of hydrogen-bond donors (Lipinski definition) is 2. The van der Waals surface area contributed by atoms with E-state index >= 15 is 0 Å². The minimum atomic E-state index is -0.824. The average Bonchev–Trinajstić information content (AvgIpc) is 3.24. The quantitative estimate of drug-likeness (QED) is 0.316. The van der Waals surface area contributed by atoms with E-state index in [1.165, 1.54) is 6.07 Å². The van der Waals surface area contributed by atoms with Gasteiger partial charge in [0.05, 0.1) is 14.2 Å². The standard InChI is InChI=1S/C22H28F2N4O2.HI/c1-25-22(26-9-7-15-5-4-6-20(23)21(15)24)27-16-8-10-28(14-16)17-11-18(29-2)13-19(12-17)30-3;/h4-6,11-13,16H,7-10,14H2,1-3H3,(H2,25,26,27);1H. The van der Waals surface area contributed by atoms with Crippen LogP contribution in [0.25, 0.3) is 0 Å². The number of nitrogens with zero attached hydrogens (tertiary/aromatic N) is 2. The first kappa shape index (κ1) is 25.0. The van der Waals surface area contributed by atoms with E-state index in [-0.39, 0.29) is 30.0 Å². The number of anilines is 1. The summed E-state index contributed by atoms with van der Waals surface area (Å²) in [5, 5.41) is 6.58. The van der Waals surface area contributed by atoms with Gasteiger partial charge >= 0.3 is 0 Å². The Morgan fingerprint density at radius 1 is 1.16 bits per heavy atom. The van der Waals surface area contributed by atoms with Crippen LogP contribution in [0.15, 0.2) is 41.4 Å². The molecule has 3 rings (SSSR count). The molecule has 0 saturated carbocycles. The molecule has 0 aliphatic carbocycles. The van der Waals surface area contributed by atoms with Crippen molar-refractivity contribution in [3.05, 3.63) is 53.6 Å². The van der Waals surface area contributed by atoms with Gasteiger partial charge in [-0.3, -0.25) is 4.99 Å². The lowest BCUT2D eigenvalue weighted by atomic mass is 10.1. The molecule has 0 radical (unpaired) electrons. The maximum Gasteiger partial charge on any atom is 0.191 e. The molecule has 2 N–H and O–H groups in total. The summed E-state index contributed by atoms with van der Waals surface area (Å²) in [7, 11) is 4.97. The van der Waals surface area contributed by atoms with Crippen molar-refractivity contribution in [2.75, 3.05) is 45.8 Å². The van der Waals surface area contributed by atoms with E-state index in [2.05, 4.69) is 20.5 Å². The number of aliphatic imine (C=N–C) groups is 1. The zero-order valence-electron chi connectivity index (χ0n) is 18.0. The smallest absolute Gasteiger partial charge is 0.191 e. The van der Waals surface area contributed by atoms with Gasteiger partial charge in [-0.25, -0.2) is 8.78 Å². The molecule has 1 aliphatic rings. The summed E-state index contributed by atoms with van der Waals surface area (Å²) in [6, 6.07) is 10.3. The molecule has 6 nitrogen and oxygen atoms in total. The molecule has 1 atom stereocenters. The third-order valence-corrected chi connectivity index (χ3v) is 5.17. The molecule has 1 fully saturated rings. The third kappa shape index (κ3) is 6.59. The van der Waals surface area contributed by atoms with Crippen LogP contribution in [0.4, 0.5) is 14.5 Å². The Hall–Kier alpha value is -2.30. The first-order chi connectivity index (χ1) is 14.5. The number of halogens is 3. The van der Waals surface area contributed by atoms with Crippen molar-refractivity contribution in [2.24, 2.45) is 4.99 Å². The summed E-state index contributed by atoms with van der Waals surface area (Å²) in [5.41, 5.74) is 1.39. The van der Waals surface area contributed by atoms with Gasteiger partial charge < -0.3 is 25.0 Å². The Balaban J connectivity index is 0.00000341. The molecular formula is C22H29F2IN4O2. The second-order valence-corrected chi connectivity index (χ2v) is 7.11. The van der Waals surface area contributed by atoms with Crippen molar-refractivity contribution in [2.45, 2.75) is 18.9 Å². The Labute approximate surface area is 199 Å². The first-order valence-electron chi connectivity index (χ1n) is 9.92. The number of methoxy groups -OCH3 is 2. The van der Waals surface area contributed by atoms with Crippen LogP contribution in [-0.2, 0) is 6.42 Å². The summed E-state index contributed by atoms with van der Waals surface area (Å²) in [4.78, 5) is 6.51. The highest BCUT2D eigenvalue weighted by Gasteiger charge is 2.24. The van der Waals surface area contributed by atoms with Gasteiger partial charge in [-0.2, -0.15) is 0 Å². The largest absolute Gasteiger partial charge is 0.497 e. The molecule has 1 heterocycles. The van der Waals surface area contributed by atoms with E-state index in [1.807, 2.05) is 18.2 Å². The molecule has 0 spiro atoms. The fourth-order valence-corrected chi connectivity index (χ4v) is 3.53. The zero-order chi connectivity index (χ0) is 21.5. The highest BCUT2D eigenvalue weighted by Crippen LogP contribution is 2.30. The van der Waals surface area contributed by atoms with Crippen molar-refractivity contribution in [3.63, 3.8) is 0 Å². The molecule has 1 aliphatic heterocycles. The van der Waals surface area contributed by atoms with Crippen molar-refractivity contribution in [1.82, 2.24) is 10.6 Å². The molecule has 170 valence electrons. The Morgan fingerprint density at radius 2 is 1.87 bits per heavy atom. The summed E-state index contributed by atoms with van der Waals surface area (Å²) in [5.74, 6) is 0.533. The minimum absolute atomic E-state index is 0. The SMILES string of the molecule is CN=C(NCCc1cccc(F)c1F)NC1CCN(c2cc(OC)cc(OC)c2)C1.I. The van der Waals surface area contributed by atoms with Gasteiger partial charge in [0.15, 0.2) is 17.6 Å². The molecule has 0 amide bonds. The Bertz CT molecular complexity index is 876. The van der Waals surface area contributed by atoms with Crippen LogP contribution in [0, 0.1) is 11.6 Å². The lowest BCUT2D eigenvalue weighted by molar-refractivity contribution is 0.394. The van der Waals surface area contributed by atoms with E-state index < -0.39 is 11.6 Å². The van der Waals surface area contributed by atoms with Crippen LogP contribution in [0.2, 0.25) is 0 Å². The fourth-order valence-electron chi connectivity index (χ4n) is 3.53. The van der Waals surface area contributed by atoms with Gasteiger partial charge in [-0.05, 0) is 24.5 Å². The molecule has 2 aromatic carbocycles.